The summed E-state index contributed by atoms with van der Waals surface area (Å²) in [5.74, 6) is -1.25. The number of hydrogen-bond donors (Lipinski definition) is 1. The first-order chi connectivity index (χ1) is 10.3. The molecule has 1 atom stereocenters. The first-order valence-electron chi connectivity index (χ1n) is 7.22. The third-order valence-electron chi connectivity index (χ3n) is 3.56. The molecule has 1 amide bonds. The Hall–Kier alpha value is -2.37. The van der Waals surface area contributed by atoms with Gasteiger partial charge in [-0.05, 0) is 24.1 Å². The van der Waals surface area contributed by atoms with Crippen molar-refractivity contribution < 1.29 is 24.2 Å². The number of benzene rings is 1. The molecule has 1 unspecified atom stereocenters. The second kappa shape index (κ2) is 6.17. The molecule has 1 N–H and O–H groups in total. The minimum atomic E-state index is -1.11. The van der Waals surface area contributed by atoms with Crippen LogP contribution in [0, 0.1) is 5.92 Å². The second-order valence-electron chi connectivity index (χ2n) is 5.56. The van der Waals surface area contributed by atoms with Crippen molar-refractivity contribution in [1.82, 2.24) is 0 Å². The van der Waals surface area contributed by atoms with Crippen molar-refractivity contribution in [2.24, 2.45) is 5.92 Å². The summed E-state index contributed by atoms with van der Waals surface area (Å²) >= 11 is 0. The molecule has 0 fully saturated rings. The molecular formula is C16H19NO5. The molecule has 0 saturated heterocycles. The first-order valence-corrected chi connectivity index (χ1v) is 7.22. The van der Waals surface area contributed by atoms with Gasteiger partial charge in [-0.25, -0.2) is 0 Å². The van der Waals surface area contributed by atoms with Crippen LogP contribution in [0.15, 0.2) is 18.2 Å². The van der Waals surface area contributed by atoms with Crippen molar-refractivity contribution in [2.45, 2.75) is 33.3 Å². The van der Waals surface area contributed by atoms with E-state index in [1.807, 2.05) is 13.8 Å². The van der Waals surface area contributed by atoms with Crippen LogP contribution in [0.3, 0.4) is 0 Å². The molecule has 0 bridgehead atoms. The zero-order valence-corrected chi connectivity index (χ0v) is 12.8. The van der Waals surface area contributed by atoms with E-state index < -0.39 is 24.5 Å². The van der Waals surface area contributed by atoms with Crippen LogP contribution in [0.2, 0.25) is 0 Å². The number of ether oxygens (including phenoxy) is 1. The zero-order valence-electron chi connectivity index (χ0n) is 12.8. The molecule has 1 aliphatic rings. The summed E-state index contributed by atoms with van der Waals surface area (Å²) in [4.78, 5) is 36.5. The van der Waals surface area contributed by atoms with E-state index in [4.69, 9.17) is 9.84 Å². The highest BCUT2D eigenvalue weighted by Gasteiger charge is 2.37. The second-order valence-corrected chi connectivity index (χ2v) is 5.56. The smallest absolute Gasteiger partial charge is 0.323 e. The number of Topliss-reactive ketones (excluding diaryl/α,β-unsaturated/α-hetero) is 1. The first kappa shape index (κ1) is 16.0. The quantitative estimate of drug-likeness (QED) is 0.842. The number of hydrogen-bond acceptors (Lipinski definition) is 4. The van der Waals surface area contributed by atoms with Gasteiger partial charge in [0.15, 0.2) is 11.9 Å². The summed E-state index contributed by atoms with van der Waals surface area (Å²) in [6.45, 7) is 4.96. The van der Waals surface area contributed by atoms with E-state index >= 15 is 0 Å². The van der Waals surface area contributed by atoms with Crippen LogP contribution >= 0.6 is 0 Å². The van der Waals surface area contributed by atoms with Crippen LogP contribution in [0.4, 0.5) is 5.69 Å². The minimum Gasteiger partial charge on any atom is -0.480 e. The van der Waals surface area contributed by atoms with Gasteiger partial charge in [-0.1, -0.05) is 20.8 Å². The number of fused-ring (bicyclic) bond motifs is 1. The molecule has 0 saturated carbocycles. The van der Waals surface area contributed by atoms with Crippen molar-refractivity contribution >= 4 is 23.3 Å². The van der Waals surface area contributed by atoms with Crippen LogP contribution in [0.5, 0.6) is 5.75 Å². The molecule has 0 aromatic heterocycles. The number of amides is 1. The molecule has 1 aromatic rings. The van der Waals surface area contributed by atoms with Crippen LogP contribution < -0.4 is 9.64 Å². The van der Waals surface area contributed by atoms with Gasteiger partial charge >= 0.3 is 5.97 Å². The Labute approximate surface area is 128 Å². The van der Waals surface area contributed by atoms with Gasteiger partial charge in [0.05, 0.1) is 5.69 Å². The summed E-state index contributed by atoms with van der Waals surface area (Å²) in [7, 11) is 0. The maximum Gasteiger partial charge on any atom is 0.323 e. The standard InChI is InChI=1S/C16H19NO5/c1-4-12(18)10-5-6-13-11(7-10)17(8-14(19)20)16(21)15(22-13)9(2)3/h5-7,9,15H,4,8H2,1-3H3,(H,19,20). The Kier molecular flexibility index (Phi) is 4.49. The fourth-order valence-corrected chi connectivity index (χ4v) is 2.38. The summed E-state index contributed by atoms with van der Waals surface area (Å²) in [5.41, 5.74) is 0.777. The van der Waals surface area contributed by atoms with E-state index in [1.165, 1.54) is 11.0 Å². The van der Waals surface area contributed by atoms with E-state index in [-0.39, 0.29) is 11.7 Å². The number of carboxylic acid groups (broad SMARTS) is 1. The predicted octanol–water partition coefficient (Wildman–Crippen LogP) is 2.11. The molecule has 118 valence electrons. The van der Waals surface area contributed by atoms with Gasteiger partial charge in [-0.2, -0.15) is 0 Å². The van der Waals surface area contributed by atoms with Gasteiger partial charge in [0.25, 0.3) is 5.91 Å². The fourth-order valence-electron chi connectivity index (χ4n) is 2.38. The van der Waals surface area contributed by atoms with E-state index in [0.717, 1.165) is 0 Å². The van der Waals surface area contributed by atoms with Gasteiger partial charge in [0.2, 0.25) is 0 Å². The molecule has 0 aliphatic carbocycles. The van der Waals surface area contributed by atoms with Crippen molar-refractivity contribution in [3.8, 4) is 5.75 Å². The number of nitrogens with zero attached hydrogens (tertiary/aromatic N) is 1. The monoisotopic (exact) mass is 305 g/mol. The summed E-state index contributed by atoms with van der Waals surface area (Å²) in [6, 6.07) is 4.78. The number of aliphatic carboxylic acids is 1. The number of anilines is 1. The van der Waals surface area contributed by atoms with Crippen molar-refractivity contribution in [3.05, 3.63) is 23.8 Å². The van der Waals surface area contributed by atoms with Crippen molar-refractivity contribution in [3.63, 3.8) is 0 Å². The highest BCUT2D eigenvalue weighted by atomic mass is 16.5. The van der Waals surface area contributed by atoms with Gasteiger partial charge in [-0.3, -0.25) is 19.3 Å². The Morgan fingerprint density at radius 1 is 1.36 bits per heavy atom. The molecular weight excluding hydrogens is 286 g/mol. The zero-order chi connectivity index (χ0) is 16.4. The molecule has 1 aliphatic heterocycles. The van der Waals surface area contributed by atoms with E-state index in [0.29, 0.717) is 23.4 Å². The molecule has 6 nitrogen and oxygen atoms in total. The maximum absolute atomic E-state index is 12.5. The Bertz CT molecular complexity index is 623. The van der Waals surface area contributed by atoms with Gasteiger partial charge in [0, 0.05) is 12.0 Å². The molecule has 2 rings (SSSR count). The number of carbonyl (C=O) groups excluding carboxylic acids is 2. The van der Waals surface area contributed by atoms with Gasteiger partial charge in [-0.15, -0.1) is 0 Å². The topological polar surface area (TPSA) is 83.9 Å². The Morgan fingerprint density at radius 3 is 2.59 bits per heavy atom. The molecule has 22 heavy (non-hydrogen) atoms. The maximum atomic E-state index is 12.5. The van der Waals surface area contributed by atoms with Gasteiger partial charge in [0.1, 0.15) is 12.3 Å². The Balaban J connectivity index is 2.50. The third kappa shape index (κ3) is 2.95. The van der Waals surface area contributed by atoms with Crippen LogP contribution in [0.1, 0.15) is 37.6 Å². The highest BCUT2D eigenvalue weighted by Crippen LogP contribution is 2.36. The van der Waals surface area contributed by atoms with E-state index in [1.54, 1.807) is 19.1 Å². The molecule has 0 radical (unpaired) electrons. The van der Waals surface area contributed by atoms with Crippen molar-refractivity contribution in [2.75, 3.05) is 11.4 Å². The van der Waals surface area contributed by atoms with E-state index in [9.17, 15) is 14.4 Å². The van der Waals surface area contributed by atoms with Crippen LogP contribution in [-0.4, -0.2) is 35.4 Å². The SMILES string of the molecule is CCC(=O)c1ccc2c(c1)N(CC(=O)O)C(=O)C(C(C)C)O2. The number of ketones is 1. The number of rotatable bonds is 5. The van der Waals surface area contributed by atoms with Crippen molar-refractivity contribution in [1.29, 1.82) is 0 Å². The predicted molar refractivity (Wildman–Crippen MR) is 80.3 cm³/mol. The van der Waals surface area contributed by atoms with Crippen LogP contribution in [-0.2, 0) is 9.59 Å². The molecule has 1 aromatic carbocycles. The average molecular weight is 305 g/mol. The normalized spacial score (nSPS) is 17.2. The Morgan fingerprint density at radius 2 is 2.05 bits per heavy atom. The molecule has 0 spiro atoms. The minimum absolute atomic E-state index is 0.0727. The largest absolute Gasteiger partial charge is 0.480 e. The lowest BCUT2D eigenvalue weighted by Gasteiger charge is -2.35. The summed E-state index contributed by atoms with van der Waals surface area (Å²) < 4.78 is 5.69. The summed E-state index contributed by atoms with van der Waals surface area (Å²) in [5, 5.41) is 9.06. The number of carbonyl (C=O) groups is 3. The van der Waals surface area contributed by atoms with Crippen LogP contribution in [0.25, 0.3) is 0 Å². The average Bonchev–Trinajstić information content (AvgIpc) is 2.47. The lowest BCUT2D eigenvalue weighted by atomic mass is 10.0. The van der Waals surface area contributed by atoms with Gasteiger partial charge < -0.3 is 9.84 Å². The number of carboxylic acids is 1. The van der Waals surface area contributed by atoms with E-state index in [2.05, 4.69) is 0 Å². The lowest BCUT2D eigenvalue weighted by molar-refractivity contribution is -0.138. The highest BCUT2D eigenvalue weighted by molar-refractivity contribution is 6.05. The molecule has 1 heterocycles. The third-order valence-corrected chi connectivity index (χ3v) is 3.56. The molecule has 6 heteroatoms. The fraction of sp³-hybridized carbons (Fsp3) is 0.438. The lowest BCUT2D eigenvalue weighted by Crippen LogP contribution is -2.50. The summed E-state index contributed by atoms with van der Waals surface area (Å²) in [6.07, 6.45) is -0.388.